The number of hydrogen-bond donors (Lipinski definition) is 0. The molecule has 0 radical (unpaired) electrons. The minimum absolute atomic E-state index is 0. The molecule has 0 aliphatic carbocycles. The van der Waals surface area contributed by atoms with E-state index in [9.17, 15) is 4.79 Å². The minimum atomic E-state index is -0.318. The highest BCUT2D eigenvalue weighted by molar-refractivity contribution is 5.85. The maximum Gasteiger partial charge on any atom is 0.331 e. The van der Waals surface area contributed by atoms with Crippen LogP contribution in [0.2, 0.25) is 0 Å². The first kappa shape index (κ1) is 22.6. The van der Waals surface area contributed by atoms with Crippen LogP contribution in [0, 0.1) is 0 Å². The number of imidazole rings is 1. The van der Waals surface area contributed by atoms with Gasteiger partial charge in [0.05, 0.1) is 31.1 Å². The maximum atomic E-state index is 12.7. The molecule has 8 nitrogen and oxygen atoms in total. The van der Waals surface area contributed by atoms with Crippen molar-refractivity contribution >= 4 is 18.4 Å². The Morgan fingerprint density at radius 1 is 1.17 bits per heavy atom. The summed E-state index contributed by atoms with van der Waals surface area (Å²) in [5.74, 6) is 0.827. The number of rotatable bonds is 5. The lowest BCUT2D eigenvalue weighted by molar-refractivity contribution is 0.0322. The molecule has 9 heteroatoms. The van der Waals surface area contributed by atoms with Crippen LogP contribution in [0.15, 0.2) is 36.8 Å². The second-order valence-corrected chi connectivity index (χ2v) is 7.99. The van der Waals surface area contributed by atoms with Gasteiger partial charge in [-0.25, -0.2) is 9.78 Å². The molecular weight excluding hydrogens is 408 g/mol. The van der Waals surface area contributed by atoms with Crippen LogP contribution in [-0.2, 0) is 9.47 Å². The first-order valence-electron chi connectivity index (χ1n) is 10.00. The van der Waals surface area contributed by atoms with Crippen LogP contribution < -0.4 is 4.74 Å². The number of hydrogen-bond acceptors (Lipinski definition) is 6. The molecule has 1 aromatic carbocycles. The lowest BCUT2D eigenvalue weighted by Gasteiger charge is -2.28. The number of morpholine rings is 1. The highest BCUT2D eigenvalue weighted by Gasteiger charge is 2.37. The summed E-state index contributed by atoms with van der Waals surface area (Å²) >= 11 is 0. The van der Waals surface area contributed by atoms with Gasteiger partial charge < -0.3 is 14.2 Å². The number of carbonyl (C=O) groups excluding carboxylic acids is 1. The monoisotopic (exact) mass is 436 g/mol. The third-order valence-corrected chi connectivity index (χ3v) is 5.37. The molecule has 1 aromatic heterocycles. The molecule has 3 heterocycles. The standard InChI is InChI=1S/C21H28N4O4.ClH/c1-21(2)14-28-16-25(21)20(26)24-13-19(22-15-24)17-3-5-18(6-4-17)29-12-9-23-7-10-27-11-8-23;/h3-6,13,15H,7-12,14,16H2,1-2H3;1H. The molecule has 2 fully saturated rings. The second-order valence-electron chi connectivity index (χ2n) is 7.99. The van der Waals surface area contributed by atoms with E-state index in [0.717, 1.165) is 49.9 Å². The van der Waals surface area contributed by atoms with Crippen molar-refractivity contribution in [1.29, 1.82) is 0 Å². The normalized spacial score (nSPS) is 18.8. The molecule has 0 saturated carbocycles. The minimum Gasteiger partial charge on any atom is -0.492 e. The highest BCUT2D eigenvalue weighted by atomic mass is 35.5. The topological polar surface area (TPSA) is 69.1 Å². The predicted molar refractivity (Wildman–Crippen MR) is 115 cm³/mol. The van der Waals surface area contributed by atoms with E-state index >= 15 is 0 Å². The van der Waals surface area contributed by atoms with Crippen molar-refractivity contribution < 1.29 is 19.0 Å². The van der Waals surface area contributed by atoms with E-state index in [2.05, 4.69) is 9.88 Å². The largest absolute Gasteiger partial charge is 0.492 e. The Morgan fingerprint density at radius 2 is 1.90 bits per heavy atom. The quantitative estimate of drug-likeness (QED) is 0.717. The number of ether oxygens (including phenoxy) is 3. The van der Waals surface area contributed by atoms with Crippen molar-refractivity contribution in [2.24, 2.45) is 0 Å². The number of aromatic nitrogens is 2. The van der Waals surface area contributed by atoms with Gasteiger partial charge in [0.2, 0.25) is 0 Å². The van der Waals surface area contributed by atoms with Crippen LogP contribution in [0.1, 0.15) is 13.8 Å². The number of halogens is 1. The average molecular weight is 437 g/mol. The summed E-state index contributed by atoms with van der Waals surface area (Å²) in [6.45, 7) is 9.89. The van der Waals surface area contributed by atoms with E-state index < -0.39 is 0 Å². The number of carbonyl (C=O) groups is 1. The number of amides is 1. The summed E-state index contributed by atoms with van der Waals surface area (Å²) < 4.78 is 18.2. The van der Waals surface area contributed by atoms with Crippen LogP contribution in [0.5, 0.6) is 5.75 Å². The van der Waals surface area contributed by atoms with Crippen molar-refractivity contribution in [3.8, 4) is 17.0 Å². The van der Waals surface area contributed by atoms with Gasteiger partial charge in [0.25, 0.3) is 0 Å². The van der Waals surface area contributed by atoms with Crippen LogP contribution in [0.25, 0.3) is 11.3 Å². The van der Waals surface area contributed by atoms with E-state index in [-0.39, 0.29) is 24.0 Å². The molecule has 30 heavy (non-hydrogen) atoms. The second kappa shape index (κ2) is 9.78. The van der Waals surface area contributed by atoms with Crippen LogP contribution >= 0.6 is 12.4 Å². The molecule has 0 bridgehead atoms. The fourth-order valence-corrected chi connectivity index (χ4v) is 3.51. The van der Waals surface area contributed by atoms with Gasteiger partial charge in [-0.2, -0.15) is 0 Å². The fraction of sp³-hybridized carbons (Fsp3) is 0.524. The van der Waals surface area contributed by atoms with Crippen LogP contribution in [-0.4, -0.2) is 83.7 Å². The third-order valence-electron chi connectivity index (χ3n) is 5.37. The molecule has 1 amide bonds. The van der Waals surface area contributed by atoms with E-state index in [1.165, 1.54) is 4.57 Å². The first-order valence-corrected chi connectivity index (χ1v) is 10.00. The van der Waals surface area contributed by atoms with Crippen molar-refractivity contribution in [2.75, 3.05) is 52.8 Å². The van der Waals surface area contributed by atoms with Crippen LogP contribution in [0.4, 0.5) is 4.79 Å². The third kappa shape index (κ3) is 5.13. The Morgan fingerprint density at radius 3 is 2.57 bits per heavy atom. The average Bonchev–Trinajstić information content (AvgIpc) is 3.35. The van der Waals surface area contributed by atoms with Gasteiger partial charge in [0.1, 0.15) is 25.4 Å². The molecular formula is C21H29ClN4O4. The van der Waals surface area contributed by atoms with Gasteiger partial charge in [-0.3, -0.25) is 14.4 Å². The van der Waals surface area contributed by atoms with Gasteiger partial charge in [-0.15, -0.1) is 12.4 Å². The zero-order valence-electron chi connectivity index (χ0n) is 17.5. The molecule has 0 spiro atoms. The molecule has 2 aromatic rings. The molecule has 2 saturated heterocycles. The Bertz CT molecular complexity index is 834. The smallest absolute Gasteiger partial charge is 0.331 e. The van der Waals surface area contributed by atoms with Gasteiger partial charge in [-0.05, 0) is 38.1 Å². The fourth-order valence-electron chi connectivity index (χ4n) is 3.51. The molecule has 4 rings (SSSR count). The zero-order chi connectivity index (χ0) is 20.3. The summed E-state index contributed by atoms with van der Waals surface area (Å²) in [7, 11) is 0. The number of nitrogens with zero attached hydrogens (tertiary/aromatic N) is 4. The molecule has 0 N–H and O–H groups in total. The summed E-state index contributed by atoms with van der Waals surface area (Å²) in [5, 5.41) is 0. The van der Waals surface area contributed by atoms with E-state index in [4.69, 9.17) is 14.2 Å². The summed E-state index contributed by atoms with van der Waals surface area (Å²) in [6.07, 6.45) is 3.31. The van der Waals surface area contributed by atoms with E-state index in [1.807, 2.05) is 38.1 Å². The number of benzene rings is 1. The van der Waals surface area contributed by atoms with Crippen molar-refractivity contribution in [3.63, 3.8) is 0 Å². The Labute approximate surface area is 183 Å². The summed E-state index contributed by atoms with van der Waals surface area (Å²) in [4.78, 5) is 21.2. The molecule has 164 valence electrons. The lowest BCUT2D eigenvalue weighted by atomic mass is 10.1. The molecule has 2 aliphatic heterocycles. The van der Waals surface area contributed by atoms with E-state index in [0.29, 0.717) is 19.9 Å². The lowest BCUT2D eigenvalue weighted by Crippen LogP contribution is -2.45. The first-order chi connectivity index (χ1) is 14.0. The van der Waals surface area contributed by atoms with Crippen molar-refractivity contribution in [1.82, 2.24) is 19.4 Å². The van der Waals surface area contributed by atoms with Crippen molar-refractivity contribution in [2.45, 2.75) is 19.4 Å². The van der Waals surface area contributed by atoms with Gasteiger partial charge in [0, 0.05) is 31.4 Å². The Hall–Kier alpha value is -2.13. The molecule has 0 atom stereocenters. The SMILES string of the molecule is CC1(C)COCN1C(=O)n1cnc(-c2ccc(OCCN3CCOCC3)cc2)c1.Cl. The maximum absolute atomic E-state index is 12.7. The van der Waals surface area contributed by atoms with Gasteiger partial charge in [-0.1, -0.05) is 0 Å². The molecule has 2 aliphatic rings. The predicted octanol–water partition coefficient (Wildman–Crippen LogP) is 2.72. The van der Waals surface area contributed by atoms with Crippen molar-refractivity contribution in [3.05, 3.63) is 36.8 Å². The summed E-state index contributed by atoms with van der Waals surface area (Å²) in [6, 6.07) is 7.67. The van der Waals surface area contributed by atoms with Gasteiger partial charge >= 0.3 is 6.03 Å². The molecule has 0 unspecified atom stereocenters. The Kier molecular flexibility index (Phi) is 7.36. The van der Waals surface area contributed by atoms with Crippen LogP contribution in [0.3, 0.4) is 0 Å². The summed E-state index contributed by atoms with van der Waals surface area (Å²) in [5.41, 5.74) is 1.37. The zero-order valence-corrected chi connectivity index (χ0v) is 18.3. The Balaban J connectivity index is 0.00000256. The highest BCUT2D eigenvalue weighted by Crippen LogP contribution is 2.24. The van der Waals surface area contributed by atoms with Gasteiger partial charge in [0.15, 0.2) is 0 Å². The van der Waals surface area contributed by atoms with E-state index in [1.54, 1.807) is 17.4 Å².